The third-order valence-electron chi connectivity index (χ3n) is 4.81. The van der Waals surface area contributed by atoms with Crippen LogP contribution in [0.2, 0.25) is 0 Å². The van der Waals surface area contributed by atoms with Gasteiger partial charge < -0.3 is 10.0 Å². The van der Waals surface area contributed by atoms with Crippen LogP contribution in [0, 0.1) is 5.82 Å². The Morgan fingerprint density at radius 3 is 2.85 bits per heavy atom. The van der Waals surface area contributed by atoms with Crippen molar-refractivity contribution in [2.45, 2.75) is 25.6 Å². The molecular formula is C19H20FN5O2. The number of benzene rings is 1. The summed E-state index contributed by atoms with van der Waals surface area (Å²) in [7, 11) is 1.76. The number of aromatic nitrogens is 4. The molecule has 1 aliphatic heterocycles. The van der Waals surface area contributed by atoms with Gasteiger partial charge in [0.05, 0.1) is 23.6 Å². The van der Waals surface area contributed by atoms with Crippen molar-refractivity contribution in [1.29, 1.82) is 0 Å². The predicted molar refractivity (Wildman–Crippen MR) is 95.3 cm³/mol. The van der Waals surface area contributed by atoms with Gasteiger partial charge >= 0.3 is 0 Å². The van der Waals surface area contributed by atoms with Crippen LogP contribution in [0.1, 0.15) is 40.0 Å². The standard InChI is InChI=1S/C19H20FN5O2/c1-23-17(6-7-21-23)18(26)16-11-15-12-24(8-3-9-25(15)22-16)19(27)13-4-2-5-14(20)10-13/h2,4-7,10-11,18,26H,3,8-9,12H2,1H3. The molecule has 1 N–H and O–H groups in total. The summed E-state index contributed by atoms with van der Waals surface area (Å²) in [4.78, 5) is 14.4. The normalized spacial score (nSPS) is 15.3. The maximum atomic E-state index is 13.5. The van der Waals surface area contributed by atoms with Gasteiger partial charge in [-0.05, 0) is 36.8 Å². The Balaban J connectivity index is 1.58. The van der Waals surface area contributed by atoms with Gasteiger partial charge in [0, 0.05) is 31.9 Å². The summed E-state index contributed by atoms with van der Waals surface area (Å²) in [5.41, 5.74) is 2.34. The molecule has 0 bridgehead atoms. The van der Waals surface area contributed by atoms with E-state index >= 15 is 0 Å². The number of rotatable bonds is 3. The molecule has 4 rings (SSSR count). The van der Waals surface area contributed by atoms with Gasteiger partial charge in [0.25, 0.3) is 5.91 Å². The van der Waals surface area contributed by atoms with E-state index in [-0.39, 0.29) is 5.91 Å². The number of hydrogen-bond acceptors (Lipinski definition) is 4. The molecule has 0 saturated heterocycles. The van der Waals surface area contributed by atoms with Gasteiger partial charge in [-0.3, -0.25) is 14.2 Å². The zero-order valence-electron chi connectivity index (χ0n) is 14.9. The van der Waals surface area contributed by atoms with Gasteiger partial charge in [-0.1, -0.05) is 6.07 Å². The van der Waals surface area contributed by atoms with Crippen LogP contribution >= 0.6 is 0 Å². The maximum absolute atomic E-state index is 13.5. The molecule has 0 spiro atoms. The van der Waals surface area contributed by atoms with Crippen LogP contribution in [-0.2, 0) is 20.1 Å². The molecule has 2 aromatic heterocycles. The number of aliphatic hydroxyl groups is 1. The number of carbonyl (C=O) groups is 1. The molecule has 1 unspecified atom stereocenters. The monoisotopic (exact) mass is 369 g/mol. The van der Waals surface area contributed by atoms with E-state index in [0.29, 0.717) is 36.6 Å². The quantitative estimate of drug-likeness (QED) is 0.765. The third-order valence-corrected chi connectivity index (χ3v) is 4.81. The second-order valence-electron chi connectivity index (χ2n) is 6.66. The van der Waals surface area contributed by atoms with Crippen LogP contribution < -0.4 is 0 Å². The fourth-order valence-electron chi connectivity index (χ4n) is 3.40. The average Bonchev–Trinajstić information content (AvgIpc) is 3.21. The minimum Gasteiger partial charge on any atom is -0.380 e. The first-order chi connectivity index (χ1) is 13.0. The summed E-state index contributed by atoms with van der Waals surface area (Å²) in [6.45, 7) is 1.58. The van der Waals surface area contributed by atoms with E-state index < -0.39 is 11.9 Å². The van der Waals surface area contributed by atoms with Crippen molar-refractivity contribution >= 4 is 5.91 Å². The topological polar surface area (TPSA) is 76.2 Å². The highest BCUT2D eigenvalue weighted by molar-refractivity contribution is 5.94. The number of carbonyl (C=O) groups excluding carboxylic acids is 1. The van der Waals surface area contributed by atoms with E-state index in [1.54, 1.807) is 35.0 Å². The molecule has 0 aliphatic carbocycles. The smallest absolute Gasteiger partial charge is 0.254 e. The van der Waals surface area contributed by atoms with Crippen molar-refractivity contribution in [1.82, 2.24) is 24.5 Å². The first-order valence-corrected chi connectivity index (χ1v) is 8.80. The summed E-state index contributed by atoms with van der Waals surface area (Å²) >= 11 is 0. The van der Waals surface area contributed by atoms with E-state index in [1.165, 1.54) is 18.2 Å². The molecule has 7 nitrogen and oxygen atoms in total. The summed E-state index contributed by atoms with van der Waals surface area (Å²) < 4.78 is 16.9. The lowest BCUT2D eigenvalue weighted by Gasteiger charge is -2.20. The van der Waals surface area contributed by atoms with Crippen LogP contribution in [0.5, 0.6) is 0 Å². The molecule has 0 fully saturated rings. The van der Waals surface area contributed by atoms with Gasteiger partial charge in [0.1, 0.15) is 11.9 Å². The molecule has 3 aromatic rings. The highest BCUT2D eigenvalue weighted by Crippen LogP contribution is 2.23. The summed E-state index contributed by atoms with van der Waals surface area (Å²) in [5, 5.41) is 19.2. The van der Waals surface area contributed by atoms with Crippen molar-refractivity contribution in [3.8, 4) is 0 Å². The lowest BCUT2D eigenvalue weighted by Crippen LogP contribution is -2.30. The minimum atomic E-state index is -0.885. The lowest BCUT2D eigenvalue weighted by molar-refractivity contribution is 0.0745. The minimum absolute atomic E-state index is 0.210. The summed E-state index contributed by atoms with van der Waals surface area (Å²) in [6.07, 6.45) is 1.47. The van der Waals surface area contributed by atoms with E-state index in [1.807, 2.05) is 10.7 Å². The van der Waals surface area contributed by atoms with Crippen molar-refractivity contribution in [2.24, 2.45) is 7.05 Å². The number of amides is 1. The molecule has 8 heteroatoms. The van der Waals surface area contributed by atoms with Gasteiger partial charge in [-0.2, -0.15) is 10.2 Å². The largest absolute Gasteiger partial charge is 0.380 e. The van der Waals surface area contributed by atoms with E-state index in [9.17, 15) is 14.3 Å². The Hall–Kier alpha value is -3.00. The third kappa shape index (κ3) is 3.35. The number of halogens is 1. The van der Waals surface area contributed by atoms with Crippen LogP contribution in [-0.4, -0.2) is 42.0 Å². The Labute approximate surface area is 155 Å². The van der Waals surface area contributed by atoms with Crippen molar-refractivity contribution in [3.05, 3.63) is 71.1 Å². The van der Waals surface area contributed by atoms with E-state index in [0.717, 1.165) is 12.1 Å². The molecule has 27 heavy (non-hydrogen) atoms. The highest BCUT2D eigenvalue weighted by Gasteiger charge is 2.24. The average molecular weight is 369 g/mol. The number of hydrogen-bond donors (Lipinski definition) is 1. The second kappa shape index (κ2) is 6.96. The Morgan fingerprint density at radius 2 is 2.11 bits per heavy atom. The molecule has 1 amide bonds. The number of aliphatic hydroxyl groups excluding tert-OH is 1. The molecule has 1 aromatic carbocycles. The predicted octanol–water partition coefficient (Wildman–Crippen LogP) is 1.88. The molecule has 1 aliphatic rings. The summed E-state index contributed by atoms with van der Waals surface area (Å²) in [6, 6.07) is 9.28. The van der Waals surface area contributed by atoms with Gasteiger partial charge in [0.2, 0.25) is 0 Å². The van der Waals surface area contributed by atoms with Crippen molar-refractivity contribution in [3.63, 3.8) is 0 Å². The SMILES string of the molecule is Cn1nccc1C(O)c1cc2n(n1)CCCN(C(=O)c1cccc(F)c1)C2. The first kappa shape index (κ1) is 17.4. The second-order valence-corrected chi connectivity index (χ2v) is 6.66. The highest BCUT2D eigenvalue weighted by atomic mass is 19.1. The molecular weight excluding hydrogens is 349 g/mol. The first-order valence-electron chi connectivity index (χ1n) is 8.80. The van der Waals surface area contributed by atoms with Crippen LogP contribution in [0.3, 0.4) is 0 Å². The van der Waals surface area contributed by atoms with Gasteiger partial charge in [-0.25, -0.2) is 4.39 Å². The van der Waals surface area contributed by atoms with Crippen LogP contribution in [0.4, 0.5) is 4.39 Å². The zero-order chi connectivity index (χ0) is 19.0. The van der Waals surface area contributed by atoms with Crippen molar-refractivity contribution in [2.75, 3.05) is 6.54 Å². The maximum Gasteiger partial charge on any atom is 0.254 e. The molecule has 0 saturated carbocycles. The number of nitrogens with zero attached hydrogens (tertiary/aromatic N) is 5. The molecule has 3 heterocycles. The molecule has 0 radical (unpaired) electrons. The van der Waals surface area contributed by atoms with Crippen LogP contribution in [0.25, 0.3) is 0 Å². The lowest BCUT2D eigenvalue weighted by atomic mass is 10.1. The fourth-order valence-corrected chi connectivity index (χ4v) is 3.40. The molecule has 1 atom stereocenters. The number of aryl methyl sites for hydroxylation is 2. The fraction of sp³-hybridized carbons (Fsp3) is 0.316. The van der Waals surface area contributed by atoms with E-state index in [4.69, 9.17) is 0 Å². The van der Waals surface area contributed by atoms with Gasteiger partial charge in [0.15, 0.2) is 0 Å². The molecule has 140 valence electrons. The Bertz CT molecular complexity index is 980. The van der Waals surface area contributed by atoms with Gasteiger partial charge in [-0.15, -0.1) is 0 Å². The van der Waals surface area contributed by atoms with Crippen LogP contribution in [0.15, 0.2) is 42.6 Å². The Kier molecular flexibility index (Phi) is 4.49. The van der Waals surface area contributed by atoms with E-state index in [2.05, 4.69) is 10.2 Å². The number of fused-ring (bicyclic) bond motifs is 1. The Morgan fingerprint density at radius 1 is 1.26 bits per heavy atom. The summed E-state index contributed by atoms with van der Waals surface area (Å²) in [5.74, 6) is -0.639. The zero-order valence-corrected chi connectivity index (χ0v) is 14.9. The van der Waals surface area contributed by atoms with Crippen molar-refractivity contribution < 1.29 is 14.3 Å².